The van der Waals surface area contributed by atoms with Crippen LogP contribution in [0.3, 0.4) is 0 Å². The van der Waals surface area contributed by atoms with E-state index in [2.05, 4.69) is 9.47 Å². The van der Waals surface area contributed by atoms with Crippen LogP contribution in [-0.2, 0) is 27.9 Å². The smallest absolute Gasteiger partial charge is 0.422 e. The highest BCUT2D eigenvalue weighted by atomic mass is 28.4. The summed E-state index contributed by atoms with van der Waals surface area (Å²) in [6.07, 6.45) is -13.7. The number of esters is 2. The molecule has 0 aliphatic heterocycles. The number of carbonyl (C=O) groups is 2. The summed E-state index contributed by atoms with van der Waals surface area (Å²) < 4.78 is 93.3. The highest BCUT2D eigenvalue weighted by Crippen LogP contribution is 2.22. The van der Waals surface area contributed by atoms with Gasteiger partial charge in [-0.1, -0.05) is 0 Å². The molecule has 0 bridgehead atoms. The van der Waals surface area contributed by atoms with Crippen LogP contribution in [0.2, 0.25) is 39.3 Å². The van der Waals surface area contributed by atoms with Crippen molar-refractivity contribution in [1.29, 1.82) is 0 Å². The van der Waals surface area contributed by atoms with Crippen molar-refractivity contribution in [2.45, 2.75) is 63.8 Å². The normalized spacial score (nSPS) is 15.7. The predicted molar refractivity (Wildman–Crippen MR) is 90.5 cm³/mol. The van der Waals surface area contributed by atoms with Gasteiger partial charge in [-0.25, -0.2) is 9.59 Å². The van der Waals surface area contributed by atoms with Crippen molar-refractivity contribution in [3.8, 4) is 0 Å². The maximum atomic E-state index is 12.3. The van der Waals surface area contributed by atoms with Crippen LogP contribution in [-0.4, -0.2) is 66.3 Å². The lowest BCUT2D eigenvalue weighted by Crippen LogP contribution is -2.53. The van der Waals surface area contributed by atoms with E-state index in [-0.39, 0.29) is 0 Å². The summed E-state index contributed by atoms with van der Waals surface area (Å²) in [4.78, 5) is 24.4. The van der Waals surface area contributed by atoms with Crippen molar-refractivity contribution in [3.05, 3.63) is 0 Å². The first-order valence-electron chi connectivity index (χ1n) is 8.03. The standard InChI is InChI=1S/C14H24F6O6Si2/c1-27(2,3)25-9(11(21)23-7-13(15,16)17)10(26-28(4,5)6)12(22)24-8-14(18,19)20/h9-10H,7-8H2,1-6H3. The predicted octanol–water partition coefficient (Wildman–Crippen LogP) is 3.64. The van der Waals surface area contributed by atoms with Crippen LogP contribution in [0.5, 0.6) is 0 Å². The number of halogens is 6. The van der Waals surface area contributed by atoms with Gasteiger partial charge in [0.2, 0.25) is 0 Å². The third kappa shape index (κ3) is 13.1. The molecular formula is C14H24F6O6Si2. The summed E-state index contributed by atoms with van der Waals surface area (Å²) in [6.45, 7) is 5.46. The maximum absolute atomic E-state index is 12.3. The monoisotopic (exact) mass is 458 g/mol. The van der Waals surface area contributed by atoms with Gasteiger partial charge in [-0.2, -0.15) is 26.3 Å². The third-order valence-corrected chi connectivity index (χ3v) is 4.38. The molecule has 0 aromatic carbocycles. The van der Waals surface area contributed by atoms with E-state index in [0.29, 0.717) is 0 Å². The first-order valence-corrected chi connectivity index (χ1v) is 14.8. The van der Waals surface area contributed by atoms with Gasteiger partial charge in [0.15, 0.2) is 42.1 Å². The van der Waals surface area contributed by atoms with E-state index in [1.807, 2.05) is 0 Å². The molecule has 0 aliphatic rings. The number of hydrogen-bond acceptors (Lipinski definition) is 6. The topological polar surface area (TPSA) is 71.1 Å². The van der Waals surface area contributed by atoms with Crippen LogP contribution in [0, 0.1) is 0 Å². The molecule has 28 heavy (non-hydrogen) atoms. The van der Waals surface area contributed by atoms with E-state index >= 15 is 0 Å². The highest BCUT2D eigenvalue weighted by Gasteiger charge is 2.45. The molecule has 6 nitrogen and oxygen atoms in total. The zero-order chi connectivity index (χ0) is 22.6. The molecule has 0 spiro atoms. The third-order valence-electron chi connectivity index (χ3n) is 2.46. The molecule has 14 heteroatoms. The van der Waals surface area contributed by atoms with Gasteiger partial charge in [-0.05, 0) is 39.3 Å². The Hall–Kier alpha value is -1.13. The average Bonchev–Trinajstić information content (AvgIpc) is 2.42. The van der Waals surface area contributed by atoms with Gasteiger partial charge in [-0.15, -0.1) is 0 Å². The molecule has 166 valence electrons. The van der Waals surface area contributed by atoms with Crippen LogP contribution in [0.4, 0.5) is 26.3 Å². The molecule has 0 rings (SSSR count). The van der Waals surface area contributed by atoms with Gasteiger partial charge < -0.3 is 18.3 Å². The van der Waals surface area contributed by atoms with Crippen molar-refractivity contribution in [2.75, 3.05) is 13.2 Å². The Morgan fingerprint density at radius 3 is 1.11 bits per heavy atom. The van der Waals surface area contributed by atoms with Crippen molar-refractivity contribution in [1.82, 2.24) is 0 Å². The van der Waals surface area contributed by atoms with Crippen molar-refractivity contribution < 1.29 is 54.3 Å². The molecule has 0 saturated heterocycles. The summed E-state index contributed by atoms with van der Waals surface area (Å²) in [6, 6.07) is 0. The SMILES string of the molecule is C[Si](C)(C)OC(C(=O)OCC(F)(F)F)C(O[Si](C)(C)C)C(=O)OCC(F)(F)F. The average molecular weight is 459 g/mol. The summed E-state index contributed by atoms with van der Waals surface area (Å²) in [5.74, 6) is -3.15. The zero-order valence-corrected chi connectivity index (χ0v) is 18.3. The minimum atomic E-state index is -4.84. The second-order valence-corrected chi connectivity index (χ2v) is 16.7. The zero-order valence-electron chi connectivity index (χ0n) is 16.3. The molecule has 0 aromatic rings. The second-order valence-electron chi connectivity index (χ2n) is 7.75. The highest BCUT2D eigenvalue weighted by molar-refractivity contribution is 6.70. The van der Waals surface area contributed by atoms with E-state index in [1.165, 1.54) is 0 Å². The van der Waals surface area contributed by atoms with E-state index in [0.717, 1.165) is 0 Å². The lowest BCUT2D eigenvalue weighted by Gasteiger charge is -2.33. The van der Waals surface area contributed by atoms with Crippen LogP contribution < -0.4 is 0 Å². The molecular weight excluding hydrogens is 434 g/mol. The Balaban J connectivity index is 5.73. The van der Waals surface area contributed by atoms with Crippen molar-refractivity contribution in [3.63, 3.8) is 0 Å². The Morgan fingerprint density at radius 2 is 0.929 bits per heavy atom. The molecule has 0 amide bonds. The molecule has 0 aromatic heterocycles. The summed E-state index contributed by atoms with van der Waals surface area (Å²) in [7, 11) is -5.36. The maximum Gasteiger partial charge on any atom is 0.422 e. The number of alkyl halides is 6. The minimum absolute atomic E-state index is 1.56. The largest absolute Gasteiger partial charge is 0.454 e. The van der Waals surface area contributed by atoms with Crippen LogP contribution in [0.25, 0.3) is 0 Å². The van der Waals surface area contributed by atoms with Gasteiger partial charge in [0.25, 0.3) is 0 Å². The Bertz CT molecular complexity index is 490. The fraction of sp³-hybridized carbons (Fsp3) is 0.857. The fourth-order valence-electron chi connectivity index (χ4n) is 1.70. The van der Waals surface area contributed by atoms with Gasteiger partial charge in [0.1, 0.15) is 0 Å². The number of rotatable bonds is 9. The molecule has 0 saturated carbocycles. The molecule has 0 aliphatic carbocycles. The fourth-order valence-corrected chi connectivity index (χ4v) is 3.66. The van der Waals surface area contributed by atoms with Gasteiger partial charge in [0, 0.05) is 0 Å². The second kappa shape index (κ2) is 9.58. The number of hydrogen-bond donors (Lipinski definition) is 0. The van der Waals surface area contributed by atoms with Crippen molar-refractivity contribution in [2.24, 2.45) is 0 Å². The first-order chi connectivity index (χ1) is 12.2. The van der Waals surface area contributed by atoms with E-state index in [1.54, 1.807) is 39.3 Å². The Labute approximate surface area is 160 Å². The molecule has 2 unspecified atom stereocenters. The van der Waals surface area contributed by atoms with Crippen LogP contribution in [0.15, 0.2) is 0 Å². The quantitative estimate of drug-likeness (QED) is 0.299. The molecule has 0 radical (unpaired) electrons. The lowest BCUT2D eigenvalue weighted by molar-refractivity contribution is -0.202. The van der Waals surface area contributed by atoms with Crippen LogP contribution in [0.1, 0.15) is 0 Å². The number of ether oxygens (including phenoxy) is 2. The minimum Gasteiger partial charge on any atom is -0.454 e. The van der Waals surface area contributed by atoms with E-state index < -0.39 is 66.3 Å². The molecule has 2 atom stereocenters. The molecule has 0 N–H and O–H groups in total. The van der Waals surface area contributed by atoms with Crippen molar-refractivity contribution >= 4 is 28.6 Å². The lowest BCUT2D eigenvalue weighted by atomic mass is 10.2. The Kier molecular flexibility index (Phi) is 9.20. The van der Waals surface area contributed by atoms with Gasteiger partial charge in [-0.3, -0.25) is 0 Å². The Morgan fingerprint density at radius 1 is 0.679 bits per heavy atom. The summed E-state index contributed by atoms with van der Waals surface area (Å²) >= 11 is 0. The first kappa shape index (κ1) is 26.9. The van der Waals surface area contributed by atoms with Gasteiger partial charge in [0.05, 0.1) is 0 Å². The van der Waals surface area contributed by atoms with Crippen LogP contribution >= 0.6 is 0 Å². The van der Waals surface area contributed by atoms with Gasteiger partial charge >= 0.3 is 24.3 Å². The molecule has 0 fully saturated rings. The summed E-state index contributed by atoms with van der Waals surface area (Å²) in [5.41, 5.74) is 0. The van der Waals surface area contributed by atoms with E-state index in [9.17, 15) is 35.9 Å². The molecule has 0 heterocycles. The van der Waals surface area contributed by atoms with E-state index in [4.69, 9.17) is 8.85 Å². The summed E-state index contributed by atoms with van der Waals surface area (Å²) in [5, 5.41) is 0. The number of carbonyl (C=O) groups excluding carboxylic acids is 2.